The molecule has 33 heavy (non-hydrogen) atoms. The highest BCUT2D eigenvalue weighted by atomic mass is 79.9. The molecule has 1 aliphatic heterocycles. The summed E-state index contributed by atoms with van der Waals surface area (Å²) < 4.78 is 27.6. The second-order valence-electron chi connectivity index (χ2n) is 7.20. The predicted molar refractivity (Wildman–Crippen MR) is 126 cm³/mol. The molecular weight excluding hydrogens is 492 g/mol. The maximum absolute atomic E-state index is 13.3. The van der Waals surface area contributed by atoms with Crippen LogP contribution in [0.1, 0.15) is 34.1 Å². The van der Waals surface area contributed by atoms with Gasteiger partial charge in [0.25, 0.3) is 0 Å². The molecule has 2 heterocycles. The highest BCUT2D eigenvalue weighted by molar-refractivity contribution is 9.10. The van der Waals surface area contributed by atoms with Gasteiger partial charge in [0.15, 0.2) is 33.4 Å². The second kappa shape index (κ2) is 9.58. The van der Waals surface area contributed by atoms with Crippen LogP contribution in [0.4, 0.5) is 0 Å². The van der Waals surface area contributed by atoms with E-state index in [-0.39, 0.29) is 17.7 Å². The fourth-order valence-corrected chi connectivity index (χ4v) is 4.06. The number of carbonyl (C=O) groups is 1. The zero-order valence-corrected chi connectivity index (χ0v) is 20.2. The molecule has 0 fully saturated rings. The first-order chi connectivity index (χ1) is 16.0. The quantitative estimate of drug-likeness (QED) is 0.437. The Labute approximate surface area is 199 Å². The molecule has 8 nitrogen and oxygen atoms in total. The molecule has 4 rings (SSSR count). The van der Waals surface area contributed by atoms with Crippen LogP contribution in [0.3, 0.4) is 0 Å². The van der Waals surface area contributed by atoms with E-state index in [2.05, 4.69) is 21.0 Å². The first kappa shape index (κ1) is 22.7. The third-order valence-corrected chi connectivity index (χ3v) is 5.84. The molecule has 0 aliphatic carbocycles. The van der Waals surface area contributed by atoms with E-state index in [0.29, 0.717) is 34.1 Å². The lowest BCUT2D eigenvalue weighted by molar-refractivity contribution is 0.0677. The van der Waals surface area contributed by atoms with Crippen molar-refractivity contribution < 1.29 is 28.2 Å². The van der Waals surface area contributed by atoms with Gasteiger partial charge in [0.2, 0.25) is 0 Å². The molecule has 1 atom stereocenters. The van der Waals surface area contributed by atoms with Crippen molar-refractivity contribution in [1.82, 2.24) is 5.01 Å². The topological polar surface area (TPSA) is 82.7 Å². The van der Waals surface area contributed by atoms with Crippen molar-refractivity contribution in [3.8, 4) is 23.0 Å². The van der Waals surface area contributed by atoms with Crippen molar-refractivity contribution >= 4 is 27.5 Å². The Morgan fingerprint density at radius 1 is 0.909 bits per heavy atom. The molecule has 1 aromatic heterocycles. The Morgan fingerprint density at radius 2 is 1.55 bits per heavy atom. The predicted octanol–water partition coefficient (Wildman–Crippen LogP) is 5.07. The molecule has 1 aliphatic rings. The van der Waals surface area contributed by atoms with Gasteiger partial charge in [-0.2, -0.15) is 5.10 Å². The lowest BCUT2D eigenvalue weighted by atomic mass is 9.97. The smallest absolute Gasteiger partial charge is 0.310 e. The lowest BCUT2D eigenvalue weighted by Crippen LogP contribution is -2.26. The Bertz CT molecular complexity index is 1210. The minimum absolute atomic E-state index is 0.185. The van der Waals surface area contributed by atoms with Crippen molar-refractivity contribution in [3.05, 3.63) is 70.1 Å². The van der Waals surface area contributed by atoms with Crippen LogP contribution in [0, 0.1) is 0 Å². The summed E-state index contributed by atoms with van der Waals surface area (Å²) >= 11 is 3.25. The van der Waals surface area contributed by atoms with E-state index < -0.39 is 0 Å². The van der Waals surface area contributed by atoms with Crippen molar-refractivity contribution in [2.75, 3.05) is 28.4 Å². The first-order valence-corrected chi connectivity index (χ1v) is 10.9. The van der Waals surface area contributed by atoms with E-state index in [4.69, 9.17) is 23.4 Å². The molecule has 2 aromatic carbocycles. The maximum Gasteiger partial charge on any atom is 0.310 e. The fraction of sp³-hybridized carbons (Fsp3) is 0.250. The number of methoxy groups -OCH3 is 4. The van der Waals surface area contributed by atoms with Gasteiger partial charge in [0, 0.05) is 12.0 Å². The van der Waals surface area contributed by atoms with Crippen LogP contribution in [0.2, 0.25) is 0 Å². The Hall–Kier alpha value is -3.46. The number of rotatable bonds is 7. The minimum Gasteiger partial charge on any atom is -0.493 e. The summed E-state index contributed by atoms with van der Waals surface area (Å²) in [6.45, 7) is 0. The largest absolute Gasteiger partial charge is 0.493 e. The van der Waals surface area contributed by atoms with Gasteiger partial charge >= 0.3 is 5.91 Å². The number of benzene rings is 2. The van der Waals surface area contributed by atoms with E-state index in [1.807, 2.05) is 36.4 Å². The summed E-state index contributed by atoms with van der Waals surface area (Å²) in [7, 11) is 6.32. The van der Waals surface area contributed by atoms with Gasteiger partial charge in [-0.1, -0.05) is 6.07 Å². The average molecular weight is 515 g/mol. The molecule has 9 heteroatoms. The van der Waals surface area contributed by atoms with Gasteiger partial charge in [0.1, 0.15) is 0 Å². The van der Waals surface area contributed by atoms with Gasteiger partial charge in [-0.15, -0.1) is 0 Å². The van der Waals surface area contributed by atoms with Gasteiger partial charge in [-0.25, -0.2) is 5.01 Å². The molecule has 0 unspecified atom stereocenters. The Kier molecular flexibility index (Phi) is 6.60. The summed E-state index contributed by atoms with van der Waals surface area (Å²) in [5, 5.41) is 6.13. The van der Waals surface area contributed by atoms with Crippen molar-refractivity contribution in [3.63, 3.8) is 0 Å². The summed E-state index contributed by atoms with van der Waals surface area (Å²) in [4.78, 5) is 13.3. The summed E-state index contributed by atoms with van der Waals surface area (Å²) in [6.07, 6.45) is 0.485. The maximum atomic E-state index is 13.3. The number of hydrazone groups is 1. The molecule has 0 radical (unpaired) electrons. The zero-order chi connectivity index (χ0) is 23.5. The molecule has 3 aromatic rings. The number of furan rings is 1. The number of amides is 1. The fourth-order valence-electron chi connectivity index (χ4n) is 3.75. The van der Waals surface area contributed by atoms with Crippen LogP contribution in [0.25, 0.3) is 0 Å². The average Bonchev–Trinajstić information content (AvgIpc) is 3.49. The number of carbonyl (C=O) groups excluding carboxylic acids is 1. The third kappa shape index (κ3) is 4.41. The Balaban J connectivity index is 1.76. The van der Waals surface area contributed by atoms with Crippen molar-refractivity contribution in [2.24, 2.45) is 5.10 Å². The van der Waals surface area contributed by atoms with E-state index in [0.717, 1.165) is 16.8 Å². The number of hydrogen-bond donors (Lipinski definition) is 0. The summed E-state index contributed by atoms with van der Waals surface area (Å²) in [5.41, 5.74) is 2.41. The zero-order valence-electron chi connectivity index (χ0n) is 18.6. The number of hydrogen-bond acceptors (Lipinski definition) is 7. The van der Waals surface area contributed by atoms with Crippen LogP contribution in [-0.4, -0.2) is 45.1 Å². The van der Waals surface area contributed by atoms with Crippen molar-refractivity contribution in [2.45, 2.75) is 12.5 Å². The molecule has 0 N–H and O–H groups in total. The normalized spacial score (nSPS) is 15.2. The number of halogens is 1. The molecule has 0 saturated carbocycles. The molecule has 0 bridgehead atoms. The minimum atomic E-state index is -0.371. The summed E-state index contributed by atoms with van der Waals surface area (Å²) in [6, 6.07) is 14.0. The second-order valence-corrected chi connectivity index (χ2v) is 7.99. The monoisotopic (exact) mass is 514 g/mol. The van der Waals surface area contributed by atoms with Crippen LogP contribution in [-0.2, 0) is 0 Å². The van der Waals surface area contributed by atoms with E-state index in [9.17, 15) is 4.79 Å². The van der Waals surface area contributed by atoms with Gasteiger partial charge < -0.3 is 23.4 Å². The summed E-state index contributed by atoms with van der Waals surface area (Å²) in [5.74, 6) is 2.21. The Morgan fingerprint density at radius 3 is 2.15 bits per heavy atom. The van der Waals surface area contributed by atoms with Gasteiger partial charge in [0.05, 0.1) is 40.2 Å². The highest BCUT2D eigenvalue weighted by Crippen LogP contribution is 2.39. The SMILES string of the molecule is COc1ccc(C2=NN(C(=O)c3ccc(Br)o3)[C@@H](c3ccc(OC)c(OC)c3)C2)cc1OC. The van der Waals surface area contributed by atoms with Crippen LogP contribution < -0.4 is 18.9 Å². The molecule has 172 valence electrons. The van der Waals surface area contributed by atoms with Gasteiger partial charge in [-0.05, 0) is 64.0 Å². The lowest BCUT2D eigenvalue weighted by Gasteiger charge is -2.22. The van der Waals surface area contributed by atoms with E-state index in [1.54, 1.807) is 40.6 Å². The standard InChI is InChI=1S/C24H23BrN2O6/c1-29-18-7-5-14(11-21(18)31-3)16-13-17(15-6-8-19(30-2)22(12-15)32-4)27(26-16)24(28)20-9-10-23(25)33-20/h5-12,17H,13H2,1-4H3/t17-/m1/s1. The first-order valence-electron chi connectivity index (χ1n) is 10.1. The van der Waals surface area contributed by atoms with Crippen LogP contribution in [0.15, 0.2) is 62.7 Å². The third-order valence-electron chi connectivity index (χ3n) is 5.41. The highest BCUT2D eigenvalue weighted by Gasteiger charge is 2.35. The molecule has 0 spiro atoms. The molecular formula is C24H23BrN2O6. The van der Waals surface area contributed by atoms with Crippen molar-refractivity contribution in [1.29, 1.82) is 0 Å². The van der Waals surface area contributed by atoms with E-state index >= 15 is 0 Å². The number of nitrogens with zero attached hydrogens (tertiary/aromatic N) is 2. The number of ether oxygens (including phenoxy) is 4. The van der Waals surface area contributed by atoms with Crippen LogP contribution in [0.5, 0.6) is 23.0 Å². The van der Waals surface area contributed by atoms with Gasteiger partial charge in [-0.3, -0.25) is 4.79 Å². The molecule has 1 amide bonds. The molecule has 0 saturated heterocycles. The van der Waals surface area contributed by atoms with Crippen LogP contribution >= 0.6 is 15.9 Å². The van der Waals surface area contributed by atoms with E-state index in [1.165, 1.54) is 5.01 Å².